The summed E-state index contributed by atoms with van der Waals surface area (Å²) in [4.78, 5) is 17.2. The number of aryl methyl sites for hydroxylation is 3. The van der Waals surface area contributed by atoms with Gasteiger partial charge in [0.2, 0.25) is 10.0 Å². The average Bonchev–Trinajstić information content (AvgIpc) is 2.81. The minimum atomic E-state index is -3.34. The molecule has 9 heteroatoms. The first kappa shape index (κ1) is 17.9. The lowest BCUT2D eigenvalue weighted by molar-refractivity contribution is 0.102. The number of sulfonamides is 1. The minimum absolute atomic E-state index is 0.277. The van der Waals surface area contributed by atoms with Gasteiger partial charge in [0.05, 0.1) is 22.9 Å². The van der Waals surface area contributed by atoms with Crippen LogP contribution < -0.4 is 10.0 Å². The van der Waals surface area contributed by atoms with Crippen LogP contribution in [0.4, 0.5) is 11.4 Å². The number of hydrogen-bond donors (Lipinski definition) is 2. The van der Waals surface area contributed by atoms with Crippen LogP contribution in [0.5, 0.6) is 0 Å². The normalized spacial score (nSPS) is 11.5. The topological polar surface area (TPSA) is 106 Å². The number of nitrogens with zero attached hydrogens (tertiary/aromatic N) is 3. The van der Waals surface area contributed by atoms with Gasteiger partial charge in [0.1, 0.15) is 0 Å². The van der Waals surface area contributed by atoms with Gasteiger partial charge in [0, 0.05) is 24.1 Å². The highest BCUT2D eigenvalue weighted by Gasteiger charge is 2.18. The van der Waals surface area contributed by atoms with Crippen molar-refractivity contribution < 1.29 is 13.2 Å². The molecule has 0 aliphatic rings. The molecular formula is C17H19N5O3S. The molecule has 0 aliphatic heterocycles. The second-order valence-electron chi connectivity index (χ2n) is 6.12. The van der Waals surface area contributed by atoms with Crippen LogP contribution in [0.15, 0.2) is 30.3 Å². The predicted molar refractivity (Wildman–Crippen MR) is 101 cm³/mol. The van der Waals surface area contributed by atoms with Gasteiger partial charge in [0.15, 0.2) is 5.65 Å². The zero-order valence-corrected chi connectivity index (χ0v) is 15.7. The maximum absolute atomic E-state index is 12.8. The zero-order valence-electron chi connectivity index (χ0n) is 14.9. The summed E-state index contributed by atoms with van der Waals surface area (Å²) in [5.74, 6) is -0.277. The lowest BCUT2D eigenvalue weighted by Gasteiger charge is -2.09. The number of nitrogens with one attached hydrogen (secondary N) is 2. The largest absolute Gasteiger partial charge is 0.322 e. The summed E-state index contributed by atoms with van der Waals surface area (Å²) in [6, 6.07) is 8.16. The monoisotopic (exact) mass is 373 g/mol. The number of benzene rings is 1. The number of fused-ring (bicyclic) bond motifs is 1. The van der Waals surface area contributed by atoms with E-state index in [9.17, 15) is 13.2 Å². The van der Waals surface area contributed by atoms with E-state index in [0.29, 0.717) is 28.0 Å². The van der Waals surface area contributed by atoms with Gasteiger partial charge in [-0.3, -0.25) is 14.2 Å². The van der Waals surface area contributed by atoms with Crippen molar-refractivity contribution in [3.8, 4) is 0 Å². The molecule has 0 saturated heterocycles. The summed E-state index contributed by atoms with van der Waals surface area (Å²) >= 11 is 0. The summed E-state index contributed by atoms with van der Waals surface area (Å²) in [6.45, 7) is 3.66. The van der Waals surface area contributed by atoms with Crippen molar-refractivity contribution in [2.75, 3.05) is 16.3 Å². The van der Waals surface area contributed by atoms with E-state index >= 15 is 0 Å². The summed E-state index contributed by atoms with van der Waals surface area (Å²) < 4.78 is 26.5. The third-order valence-corrected chi connectivity index (χ3v) is 4.39. The molecule has 0 atom stereocenters. The molecule has 1 aromatic carbocycles. The Hall–Kier alpha value is -2.94. The second-order valence-corrected chi connectivity index (χ2v) is 7.87. The van der Waals surface area contributed by atoms with Gasteiger partial charge in [-0.1, -0.05) is 0 Å². The Balaban J connectivity index is 1.90. The molecule has 2 N–H and O–H groups in total. The van der Waals surface area contributed by atoms with E-state index in [1.165, 1.54) is 0 Å². The van der Waals surface area contributed by atoms with Crippen LogP contribution in [0, 0.1) is 13.8 Å². The molecular weight excluding hydrogens is 354 g/mol. The first-order chi connectivity index (χ1) is 12.1. The molecule has 136 valence electrons. The molecule has 2 aromatic heterocycles. The van der Waals surface area contributed by atoms with Crippen LogP contribution in [0.3, 0.4) is 0 Å². The van der Waals surface area contributed by atoms with Gasteiger partial charge in [-0.05, 0) is 44.2 Å². The first-order valence-corrected chi connectivity index (χ1v) is 9.73. The van der Waals surface area contributed by atoms with Crippen LogP contribution in [0.1, 0.15) is 21.7 Å². The van der Waals surface area contributed by atoms with E-state index in [0.717, 1.165) is 17.6 Å². The highest BCUT2D eigenvalue weighted by molar-refractivity contribution is 7.92. The van der Waals surface area contributed by atoms with Crippen molar-refractivity contribution in [3.05, 3.63) is 47.3 Å². The van der Waals surface area contributed by atoms with E-state index in [1.54, 1.807) is 42.1 Å². The number of carbonyl (C=O) groups is 1. The SMILES string of the molecule is Cc1cc(C(=O)Nc2ccc(NS(C)(=O)=O)cc2)c2c(C)nn(C)c2n1. The quantitative estimate of drug-likeness (QED) is 0.729. The molecule has 0 radical (unpaired) electrons. The van der Waals surface area contributed by atoms with E-state index < -0.39 is 10.0 Å². The molecule has 2 heterocycles. The fourth-order valence-electron chi connectivity index (χ4n) is 2.78. The van der Waals surface area contributed by atoms with E-state index in [4.69, 9.17) is 0 Å². The van der Waals surface area contributed by atoms with Crippen LogP contribution >= 0.6 is 0 Å². The van der Waals surface area contributed by atoms with Crippen molar-refractivity contribution in [1.29, 1.82) is 0 Å². The van der Waals surface area contributed by atoms with Crippen LogP contribution in [0.2, 0.25) is 0 Å². The number of carbonyl (C=O) groups excluding carboxylic acids is 1. The highest BCUT2D eigenvalue weighted by atomic mass is 32.2. The number of rotatable bonds is 4. The maximum Gasteiger partial charge on any atom is 0.256 e. The van der Waals surface area contributed by atoms with Crippen LogP contribution in [0.25, 0.3) is 11.0 Å². The van der Waals surface area contributed by atoms with Crippen molar-refractivity contribution in [2.45, 2.75) is 13.8 Å². The number of hydrogen-bond acceptors (Lipinski definition) is 5. The molecule has 0 saturated carbocycles. The van der Waals surface area contributed by atoms with E-state index in [1.807, 2.05) is 13.8 Å². The molecule has 1 amide bonds. The maximum atomic E-state index is 12.8. The molecule has 0 unspecified atom stereocenters. The van der Waals surface area contributed by atoms with Crippen molar-refractivity contribution in [1.82, 2.24) is 14.8 Å². The van der Waals surface area contributed by atoms with Gasteiger partial charge < -0.3 is 5.32 Å². The van der Waals surface area contributed by atoms with E-state index in [-0.39, 0.29) is 5.91 Å². The second kappa shape index (κ2) is 6.41. The Kier molecular flexibility index (Phi) is 4.41. The molecule has 0 fully saturated rings. The van der Waals surface area contributed by atoms with E-state index in [2.05, 4.69) is 20.1 Å². The average molecular weight is 373 g/mol. The van der Waals surface area contributed by atoms with Crippen LogP contribution in [-0.4, -0.2) is 35.3 Å². The Morgan fingerprint density at radius 2 is 1.73 bits per heavy atom. The molecule has 0 spiro atoms. The Morgan fingerprint density at radius 3 is 2.35 bits per heavy atom. The van der Waals surface area contributed by atoms with Gasteiger partial charge in [-0.25, -0.2) is 13.4 Å². The number of aromatic nitrogens is 3. The Morgan fingerprint density at radius 1 is 1.12 bits per heavy atom. The fraction of sp³-hybridized carbons (Fsp3) is 0.235. The number of pyridine rings is 1. The summed E-state index contributed by atoms with van der Waals surface area (Å²) in [5, 5.41) is 7.87. The third-order valence-electron chi connectivity index (χ3n) is 3.79. The van der Waals surface area contributed by atoms with Gasteiger partial charge in [0.25, 0.3) is 5.91 Å². The third kappa shape index (κ3) is 3.67. The van der Waals surface area contributed by atoms with Crippen molar-refractivity contribution in [3.63, 3.8) is 0 Å². The zero-order chi connectivity index (χ0) is 19.1. The van der Waals surface area contributed by atoms with Gasteiger partial charge in [-0.15, -0.1) is 0 Å². The van der Waals surface area contributed by atoms with Gasteiger partial charge in [-0.2, -0.15) is 5.10 Å². The first-order valence-electron chi connectivity index (χ1n) is 7.84. The molecule has 8 nitrogen and oxygen atoms in total. The van der Waals surface area contributed by atoms with Crippen molar-refractivity contribution >= 4 is 38.3 Å². The van der Waals surface area contributed by atoms with Gasteiger partial charge >= 0.3 is 0 Å². The molecule has 0 bridgehead atoms. The minimum Gasteiger partial charge on any atom is -0.322 e. The number of amides is 1. The standard InChI is InChI=1S/C17H19N5O3S/c1-10-9-14(15-11(2)20-22(3)16(15)18-10)17(23)19-12-5-7-13(8-6-12)21-26(4,24)25/h5-9,21H,1-4H3,(H,19,23). The number of anilines is 2. The fourth-order valence-corrected chi connectivity index (χ4v) is 3.35. The summed E-state index contributed by atoms with van der Waals surface area (Å²) in [7, 11) is -1.55. The predicted octanol–water partition coefficient (Wildman–Crippen LogP) is 2.21. The summed E-state index contributed by atoms with van der Waals surface area (Å²) in [6.07, 6.45) is 1.08. The van der Waals surface area contributed by atoms with Crippen LogP contribution in [-0.2, 0) is 17.1 Å². The molecule has 0 aliphatic carbocycles. The lowest BCUT2D eigenvalue weighted by atomic mass is 10.1. The Bertz CT molecular complexity index is 1100. The highest BCUT2D eigenvalue weighted by Crippen LogP contribution is 2.23. The summed E-state index contributed by atoms with van der Waals surface area (Å²) in [5.41, 5.74) is 3.58. The Labute approximate surface area is 151 Å². The smallest absolute Gasteiger partial charge is 0.256 e. The molecule has 3 aromatic rings. The molecule has 26 heavy (non-hydrogen) atoms. The van der Waals surface area contributed by atoms with Crippen molar-refractivity contribution in [2.24, 2.45) is 7.05 Å². The molecule has 3 rings (SSSR count). The lowest BCUT2D eigenvalue weighted by Crippen LogP contribution is -2.14.